The average molecular weight is 321 g/mol. The number of carboxylic acids is 1. The van der Waals surface area contributed by atoms with Crippen molar-refractivity contribution in [3.8, 4) is 5.75 Å². The van der Waals surface area contributed by atoms with Gasteiger partial charge in [0.25, 0.3) is 0 Å². The molecule has 1 aromatic rings. The van der Waals surface area contributed by atoms with E-state index in [1.54, 1.807) is 7.11 Å². The number of carboxylic acid groups (broad SMARTS) is 1. The molecule has 128 valence electrons. The molecule has 1 rings (SSSR count). The Morgan fingerprint density at radius 3 is 2.57 bits per heavy atom. The molecule has 0 heterocycles. The third-order valence-electron chi connectivity index (χ3n) is 3.74. The summed E-state index contributed by atoms with van der Waals surface area (Å²) in [6.45, 7) is 5.72. The molecule has 0 aliphatic carbocycles. The van der Waals surface area contributed by atoms with Gasteiger partial charge in [-0.05, 0) is 44.2 Å². The van der Waals surface area contributed by atoms with Gasteiger partial charge in [-0.15, -0.1) is 0 Å². The lowest BCUT2D eigenvalue weighted by molar-refractivity contribution is -0.137. The van der Waals surface area contributed by atoms with Crippen molar-refractivity contribution in [2.24, 2.45) is 5.92 Å². The second-order valence-electron chi connectivity index (χ2n) is 6.65. The number of hydrogen-bond donors (Lipinski definition) is 2. The van der Waals surface area contributed by atoms with Crippen LogP contribution in [-0.2, 0) is 16.0 Å². The lowest BCUT2D eigenvalue weighted by Crippen LogP contribution is -2.44. The molecule has 1 amide bonds. The van der Waals surface area contributed by atoms with Gasteiger partial charge in [-0.3, -0.25) is 9.59 Å². The maximum atomic E-state index is 12.2. The maximum absolute atomic E-state index is 12.2. The second kappa shape index (κ2) is 8.56. The van der Waals surface area contributed by atoms with Crippen molar-refractivity contribution in [3.63, 3.8) is 0 Å². The molecular formula is C18H27NO4. The first-order valence-corrected chi connectivity index (χ1v) is 7.88. The van der Waals surface area contributed by atoms with E-state index in [0.717, 1.165) is 17.7 Å². The Balaban J connectivity index is 2.51. The molecule has 0 aliphatic rings. The molecule has 0 saturated carbocycles. The number of hydrogen-bond acceptors (Lipinski definition) is 3. The predicted octanol–water partition coefficient (Wildman–Crippen LogP) is 3.02. The van der Waals surface area contributed by atoms with Crippen molar-refractivity contribution in [3.05, 3.63) is 29.8 Å². The van der Waals surface area contributed by atoms with Crippen LogP contribution < -0.4 is 10.1 Å². The second-order valence-corrected chi connectivity index (χ2v) is 6.65. The normalized spacial score (nSPS) is 12.5. The summed E-state index contributed by atoms with van der Waals surface area (Å²) in [5.74, 6) is 0.0998. The number of carbonyl (C=O) groups excluding carboxylic acids is 1. The van der Waals surface area contributed by atoms with Gasteiger partial charge >= 0.3 is 5.97 Å². The fraction of sp³-hybridized carbons (Fsp3) is 0.556. The van der Waals surface area contributed by atoms with Crippen molar-refractivity contribution >= 4 is 11.9 Å². The molecule has 0 fully saturated rings. The van der Waals surface area contributed by atoms with Crippen LogP contribution in [0.3, 0.4) is 0 Å². The standard InChI is InChI=1S/C18H27NO4/c1-13(11-14-7-5-6-8-15(14)23-4)12-16(20)19-18(2,3)10-9-17(21)22/h5-8,13H,9-12H2,1-4H3,(H,19,20)(H,21,22). The number of rotatable bonds is 9. The number of methoxy groups -OCH3 is 1. The third-order valence-corrected chi connectivity index (χ3v) is 3.74. The molecule has 0 saturated heterocycles. The maximum Gasteiger partial charge on any atom is 0.303 e. The predicted molar refractivity (Wildman–Crippen MR) is 89.6 cm³/mol. The SMILES string of the molecule is COc1ccccc1CC(C)CC(=O)NC(C)(C)CCC(=O)O. The third kappa shape index (κ3) is 7.17. The number of nitrogens with one attached hydrogen (secondary N) is 1. The summed E-state index contributed by atoms with van der Waals surface area (Å²) in [6, 6.07) is 7.80. The Kier molecular flexibility index (Phi) is 7.07. The minimum atomic E-state index is -0.850. The molecule has 5 heteroatoms. The monoisotopic (exact) mass is 321 g/mol. The number of benzene rings is 1. The van der Waals surface area contributed by atoms with Gasteiger partial charge in [0.05, 0.1) is 7.11 Å². The number of amides is 1. The summed E-state index contributed by atoms with van der Waals surface area (Å²) in [6.07, 6.45) is 1.61. The quantitative estimate of drug-likeness (QED) is 0.733. The number of carbonyl (C=O) groups is 2. The van der Waals surface area contributed by atoms with Crippen LogP contribution in [0.15, 0.2) is 24.3 Å². The van der Waals surface area contributed by atoms with E-state index in [2.05, 4.69) is 5.32 Å². The molecule has 5 nitrogen and oxygen atoms in total. The summed E-state index contributed by atoms with van der Waals surface area (Å²) >= 11 is 0. The van der Waals surface area contributed by atoms with Gasteiger partial charge in [-0.2, -0.15) is 0 Å². The molecule has 0 radical (unpaired) electrons. The van der Waals surface area contributed by atoms with E-state index in [9.17, 15) is 9.59 Å². The van der Waals surface area contributed by atoms with Crippen LogP contribution in [0.4, 0.5) is 0 Å². The lowest BCUT2D eigenvalue weighted by atomic mass is 9.95. The molecule has 23 heavy (non-hydrogen) atoms. The Hall–Kier alpha value is -2.04. The van der Waals surface area contributed by atoms with Crippen molar-refractivity contribution in [1.29, 1.82) is 0 Å². The summed E-state index contributed by atoms with van der Waals surface area (Å²) in [5.41, 5.74) is 0.569. The van der Waals surface area contributed by atoms with Gasteiger partial charge in [0.15, 0.2) is 0 Å². The van der Waals surface area contributed by atoms with Crippen LogP contribution in [-0.4, -0.2) is 29.6 Å². The van der Waals surface area contributed by atoms with Crippen molar-refractivity contribution < 1.29 is 19.4 Å². The van der Waals surface area contributed by atoms with E-state index < -0.39 is 11.5 Å². The van der Waals surface area contributed by atoms with E-state index in [1.165, 1.54) is 0 Å². The van der Waals surface area contributed by atoms with E-state index in [-0.39, 0.29) is 18.2 Å². The number of aliphatic carboxylic acids is 1. The topological polar surface area (TPSA) is 75.6 Å². The molecule has 0 bridgehead atoms. The summed E-state index contributed by atoms with van der Waals surface area (Å²) in [7, 11) is 1.64. The first-order valence-electron chi connectivity index (χ1n) is 7.88. The molecule has 0 spiro atoms. The lowest BCUT2D eigenvalue weighted by Gasteiger charge is -2.26. The van der Waals surface area contributed by atoms with E-state index in [0.29, 0.717) is 12.8 Å². The van der Waals surface area contributed by atoms with Gasteiger partial charge in [0.1, 0.15) is 5.75 Å². The van der Waals surface area contributed by atoms with E-state index in [1.807, 2.05) is 45.0 Å². The smallest absolute Gasteiger partial charge is 0.303 e. The fourth-order valence-electron chi connectivity index (χ4n) is 2.55. The summed E-state index contributed by atoms with van der Waals surface area (Å²) in [5, 5.41) is 11.7. The van der Waals surface area contributed by atoms with E-state index in [4.69, 9.17) is 9.84 Å². The molecular weight excluding hydrogens is 294 g/mol. The highest BCUT2D eigenvalue weighted by molar-refractivity contribution is 5.77. The van der Waals surface area contributed by atoms with Crippen LogP contribution in [0.5, 0.6) is 5.75 Å². The first-order chi connectivity index (χ1) is 10.7. The fourth-order valence-corrected chi connectivity index (χ4v) is 2.55. The largest absolute Gasteiger partial charge is 0.496 e. The Bertz CT molecular complexity index is 540. The summed E-state index contributed by atoms with van der Waals surface area (Å²) in [4.78, 5) is 22.8. The molecule has 1 atom stereocenters. The van der Waals surface area contributed by atoms with Crippen molar-refractivity contribution in [2.45, 2.75) is 52.0 Å². The highest BCUT2D eigenvalue weighted by atomic mass is 16.5. The van der Waals surface area contributed by atoms with E-state index >= 15 is 0 Å². The molecule has 2 N–H and O–H groups in total. The van der Waals surface area contributed by atoms with Gasteiger partial charge < -0.3 is 15.2 Å². The van der Waals surface area contributed by atoms with Crippen molar-refractivity contribution in [1.82, 2.24) is 5.32 Å². The van der Waals surface area contributed by atoms with Crippen LogP contribution >= 0.6 is 0 Å². The first kappa shape index (κ1) is 19.0. The molecule has 1 unspecified atom stereocenters. The zero-order chi connectivity index (χ0) is 17.5. The Morgan fingerprint density at radius 1 is 1.30 bits per heavy atom. The van der Waals surface area contributed by atoms with Crippen LogP contribution in [0.25, 0.3) is 0 Å². The Labute approximate surface area is 138 Å². The van der Waals surface area contributed by atoms with Gasteiger partial charge in [0.2, 0.25) is 5.91 Å². The molecule has 1 aromatic carbocycles. The van der Waals surface area contributed by atoms with Gasteiger partial charge in [-0.1, -0.05) is 25.1 Å². The zero-order valence-electron chi connectivity index (χ0n) is 14.4. The van der Waals surface area contributed by atoms with Gasteiger partial charge in [-0.25, -0.2) is 0 Å². The average Bonchev–Trinajstić information content (AvgIpc) is 2.45. The zero-order valence-corrected chi connectivity index (χ0v) is 14.4. The molecule has 0 aromatic heterocycles. The highest BCUT2D eigenvalue weighted by Crippen LogP contribution is 2.22. The molecule has 0 aliphatic heterocycles. The summed E-state index contributed by atoms with van der Waals surface area (Å²) < 4.78 is 5.33. The van der Waals surface area contributed by atoms with Crippen LogP contribution in [0, 0.1) is 5.92 Å². The Morgan fingerprint density at radius 2 is 1.96 bits per heavy atom. The van der Waals surface area contributed by atoms with Crippen LogP contribution in [0.1, 0.15) is 45.6 Å². The van der Waals surface area contributed by atoms with Gasteiger partial charge in [0, 0.05) is 18.4 Å². The minimum absolute atomic E-state index is 0.0457. The highest BCUT2D eigenvalue weighted by Gasteiger charge is 2.22. The van der Waals surface area contributed by atoms with Crippen molar-refractivity contribution in [2.75, 3.05) is 7.11 Å². The van der Waals surface area contributed by atoms with Crippen LogP contribution in [0.2, 0.25) is 0 Å². The minimum Gasteiger partial charge on any atom is -0.496 e. The number of para-hydroxylation sites is 1. The number of ether oxygens (including phenoxy) is 1.